The zero-order valence-corrected chi connectivity index (χ0v) is 12.0. The third kappa shape index (κ3) is 2.34. The summed E-state index contributed by atoms with van der Waals surface area (Å²) in [5, 5.41) is 4.68. The lowest BCUT2D eigenvalue weighted by Gasteiger charge is -2.04. The summed E-state index contributed by atoms with van der Waals surface area (Å²) in [6.45, 7) is 4.71. The lowest BCUT2D eigenvalue weighted by Crippen LogP contribution is -2.03. The van der Waals surface area contributed by atoms with Crippen molar-refractivity contribution in [1.29, 1.82) is 0 Å². The van der Waals surface area contributed by atoms with E-state index in [1.54, 1.807) is 0 Å². The molecule has 2 aromatic heterocycles. The molecule has 102 valence electrons. The van der Waals surface area contributed by atoms with E-state index in [1.807, 2.05) is 44.2 Å². The molecule has 0 spiro atoms. The Morgan fingerprint density at radius 2 is 2.10 bits per heavy atom. The maximum Gasteiger partial charge on any atom is 0.223 e. The second-order valence-electron chi connectivity index (χ2n) is 4.52. The lowest BCUT2D eigenvalue weighted by molar-refractivity contribution is 0.628. The van der Waals surface area contributed by atoms with Gasteiger partial charge in [-0.3, -0.25) is 0 Å². The zero-order chi connectivity index (χ0) is 14.1. The average Bonchev–Trinajstić information content (AvgIpc) is 2.84. The number of rotatable bonds is 3. The van der Waals surface area contributed by atoms with E-state index in [0.717, 1.165) is 23.3 Å². The van der Waals surface area contributed by atoms with Crippen LogP contribution in [0.25, 0.3) is 22.4 Å². The lowest BCUT2D eigenvalue weighted by atomic mass is 10.2. The normalized spacial score (nSPS) is 10.9. The van der Waals surface area contributed by atoms with Gasteiger partial charge in [-0.05, 0) is 32.0 Å². The molecule has 20 heavy (non-hydrogen) atoms. The van der Waals surface area contributed by atoms with Gasteiger partial charge in [0, 0.05) is 17.6 Å². The third-order valence-corrected chi connectivity index (χ3v) is 3.24. The van der Waals surface area contributed by atoms with Crippen molar-refractivity contribution in [3.63, 3.8) is 0 Å². The number of hydrogen-bond acceptors (Lipinski definition) is 4. The maximum atomic E-state index is 6.13. The van der Waals surface area contributed by atoms with Gasteiger partial charge in [0.15, 0.2) is 11.3 Å². The van der Waals surface area contributed by atoms with Crippen molar-refractivity contribution in [2.24, 2.45) is 0 Å². The molecule has 5 heteroatoms. The van der Waals surface area contributed by atoms with Crippen molar-refractivity contribution in [3.05, 3.63) is 41.0 Å². The number of nitrogens with one attached hydrogen (secondary N) is 1. The fourth-order valence-electron chi connectivity index (χ4n) is 2.09. The van der Waals surface area contributed by atoms with Crippen molar-refractivity contribution >= 4 is 28.5 Å². The number of anilines is 1. The van der Waals surface area contributed by atoms with E-state index in [-0.39, 0.29) is 0 Å². The van der Waals surface area contributed by atoms with Gasteiger partial charge < -0.3 is 9.73 Å². The summed E-state index contributed by atoms with van der Waals surface area (Å²) in [7, 11) is 0. The molecule has 0 aliphatic rings. The highest BCUT2D eigenvalue weighted by molar-refractivity contribution is 6.34. The number of halogens is 1. The molecule has 0 unspecified atom stereocenters. The minimum absolute atomic E-state index is 0.603. The highest BCUT2D eigenvalue weighted by atomic mass is 35.5. The van der Waals surface area contributed by atoms with Gasteiger partial charge in [-0.2, -0.15) is 0 Å². The molecule has 4 nitrogen and oxygen atoms in total. The van der Waals surface area contributed by atoms with Crippen molar-refractivity contribution in [2.75, 3.05) is 11.9 Å². The Bertz CT molecular complexity index is 767. The molecule has 1 aromatic carbocycles. The fraction of sp³-hybridized carbons (Fsp3) is 0.200. The Balaban J connectivity index is 2.12. The van der Waals surface area contributed by atoms with Crippen LogP contribution >= 0.6 is 11.6 Å². The smallest absolute Gasteiger partial charge is 0.223 e. The van der Waals surface area contributed by atoms with Gasteiger partial charge in [0.2, 0.25) is 5.95 Å². The number of furan rings is 1. The van der Waals surface area contributed by atoms with Crippen LogP contribution in [0.5, 0.6) is 0 Å². The van der Waals surface area contributed by atoms with Gasteiger partial charge in [-0.1, -0.05) is 23.7 Å². The number of hydrogen-bond donors (Lipinski definition) is 1. The first kappa shape index (κ1) is 12.9. The summed E-state index contributed by atoms with van der Waals surface area (Å²) in [5.74, 6) is 1.30. The third-order valence-electron chi connectivity index (χ3n) is 2.94. The zero-order valence-electron chi connectivity index (χ0n) is 11.3. The molecule has 0 amide bonds. The molecule has 0 saturated heterocycles. The van der Waals surface area contributed by atoms with E-state index in [9.17, 15) is 0 Å². The summed E-state index contributed by atoms with van der Waals surface area (Å²) in [5.41, 5.74) is 2.32. The van der Waals surface area contributed by atoms with Gasteiger partial charge in [0.05, 0.1) is 5.02 Å². The van der Waals surface area contributed by atoms with E-state index >= 15 is 0 Å². The van der Waals surface area contributed by atoms with Gasteiger partial charge in [-0.15, -0.1) is 0 Å². The van der Waals surface area contributed by atoms with Crippen molar-refractivity contribution < 1.29 is 4.42 Å². The summed E-state index contributed by atoms with van der Waals surface area (Å²) in [4.78, 5) is 8.79. The highest BCUT2D eigenvalue weighted by Gasteiger charge is 2.11. The molecule has 3 rings (SSSR count). The Kier molecular flexibility index (Phi) is 3.32. The Morgan fingerprint density at radius 1 is 1.25 bits per heavy atom. The van der Waals surface area contributed by atoms with Crippen molar-refractivity contribution in [1.82, 2.24) is 9.97 Å². The Morgan fingerprint density at radius 3 is 2.85 bits per heavy atom. The van der Waals surface area contributed by atoms with E-state index in [2.05, 4.69) is 15.3 Å². The van der Waals surface area contributed by atoms with Gasteiger partial charge >= 0.3 is 0 Å². The van der Waals surface area contributed by atoms with Gasteiger partial charge in [-0.25, -0.2) is 9.97 Å². The topological polar surface area (TPSA) is 51.0 Å². The summed E-state index contributed by atoms with van der Waals surface area (Å²) in [6.07, 6.45) is 0. The van der Waals surface area contributed by atoms with Crippen LogP contribution in [0.2, 0.25) is 5.02 Å². The number of aryl methyl sites for hydroxylation is 1. The summed E-state index contributed by atoms with van der Waals surface area (Å²) >= 11 is 6.13. The first-order valence-corrected chi connectivity index (χ1v) is 6.83. The largest absolute Gasteiger partial charge is 0.453 e. The van der Waals surface area contributed by atoms with Crippen molar-refractivity contribution in [3.8, 4) is 11.5 Å². The van der Waals surface area contributed by atoms with Crippen LogP contribution in [-0.4, -0.2) is 16.5 Å². The molecular weight excluding hydrogens is 274 g/mol. The molecule has 0 fully saturated rings. The molecule has 0 aliphatic heterocycles. The molecule has 3 aromatic rings. The van der Waals surface area contributed by atoms with Crippen molar-refractivity contribution in [2.45, 2.75) is 13.8 Å². The van der Waals surface area contributed by atoms with Crippen LogP contribution in [0, 0.1) is 6.92 Å². The Hall–Kier alpha value is -2.07. The second-order valence-corrected chi connectivity index (χ2v) is 4.92. The number of fused-ring (bicyclic) bond motifs is 1. The first-order valence-electron chi connectivity index (χ1n) is 6.45. The predicted octanol–water partition coefficient (Wildman–Crippen LogP) is 4.28. The van der Waals surface area contributed by atoms with E-state index < -0.39 is 0 Å². The summed E-state index contributed by atoms with van der Waals surface area (Å²) < 4.78 is 5.82. The van der Waals surface area contributed by atoms with Crippen LogP contribution in [-0.2, 0) is 0 Å². The van der Waals surface area contributed by atoms with E-state index in [0.29, 0.717) is 22.3 Å². The van der Waals surface area contributed by atoms with E-state index in [4.69, 9.17) is 16.0 Å². The van der Waals surface area contributed by atoms with Gasteiger partial charge in [0.1, 0.15) is 5.69 Å². The van der Waals surface area contributed by atoms with Crippen LogP contribution < -0.4 is 5.32 Å². The van der Waals surface area contributed by atoms with Crippen LogP contribution in [0.4, 0.5) is 5.95 Å². The minimum atomic E-state index is 0.603. The summed E-state index contributed by atoms with van der Waals surface area (Å²) in [6, 6.07) is 9.52. The molecule has 0 aliphatic carbocycles. The van der Waals surface area contributed by atoms with Crippen LogP contribution in [0.15, 0.2) is 34.7 Å². The van der Waals surface area contributed by atoms with Crippen LogP contribution in [0.1, 0.15) is 12.6 Å². The molecule has 0 atom stereocenters. The minimum Gasteiger partial charge on any atom is -0.453 e. The van der Waals surface area contributed by atoms with E-state index in [1.165, 1.54) is 0 Å². The number of nitrogens with zero attached hydrogens (tertiary/aromatic N) is 2. The predicted molar refractivity (Wildman–Crippen MR) is 81.2 cm³/mol. The second kappa shape index (κ2) is 5.13. The highest BCUT2D eigenvalue weighted by Crippen LogP contribution is 2.31. The number of para-hydroxylation sites is 1. The standard InChI is InChI=1S/C15H14ClN3O/c1-3-17-15-18-9(2)7-12(19-15)13-8-10-5-4-6-11(16)14(10)20-13/h4-8H,3H2,1-2H3,(H,17,18,19). The average molecular weight is 288 g/mol. The monoisotopic (exact) mass is 287 g/mol. The quantitative estimate of drug-likeness (QED) is 0.781. The molecule has 0 saturated carbocycles. The van der Waals surface area contributed by atoms with Crippen LogP contribution in [0.3, 0.4) is 0 Å². The number of aromatic nitrogens is 2. The van der Waals surface area contributed by atoms with Gasteiger partial charge in [0.25, 0.3) is 0 Å². The molecular formula is C15H14ClN3O. The number of benzene rings is 1. The fourth-order valence-corrected chi connectivity index (χ4v) is 2.31. The first-order chi connectivity index (χ1) is 9.67. The Labute approximate surface area is 121 Å². The molecule has 0 bridgehead atoms. The SMILES string of the molecule is CCNc1nc(C)cc(-c2cc3cccc(Cl)c3o2)n1. The molecule has 0 radical (unpaired) electrons. The molecule has 1 N–H and O–H groups in total. The maximum absolute atomic E-state index is 6.13. The molecule has 2 heterocycles.